The van der Waals surface area contributed by atoms with Crippen molar-refractivity contribution in [2.45, 2.75) is 51.6 Å². The van der Waals surface area contributed by atoms with Crippen LogP contribution in [0, 0.1) is 5.92 Å². The molecule has 2 fully saturated rings. The topological polar surface area (TPSA) is 56.0 Å². The first kappa shape index (κ1) is 23.5. The lowest BCUT2D eigenvalue weighted by Crippen LogP contribution is -2.47. The summed E-state index contributed by atoms with van der Waals surface area (Å²) in [5.74, 6) is 2.65. The van der Waals surface area contributed by atoms with Crippen LogP contribution in [0.4, 0.5) is 0 Å². The quantitative estimate of drug-likeness (QED) is 0.324. The van der Waals surface area contributed by atoms with E-state index in [1.165, 1.54) is 38.8 Å². The van der Waals surface area contributed by atoms with Crippen molar-refractivity contribution in [2.24, 2.45) is 10.9 Å². The second-order valence-corrected chi connectivity index (χ2v) is 8.29. The standard InChI is InChI=1S/C21H37N5O.HI/c1-17(2)16-26-12-6-8-18(26)14-23-21(22-3)24-15-19(20-9-7-13-27-20)25-10-4-5-11-25;/h7,9,13,17-19H,4-6,8,10-12,14-16H2,1-3H3,(H2,22,23,24);1H/t18-,19?;/m1./s1. The van der Waals surface area contributed by atoms with E-state index < -0.39 is 0 Å². The van der Waals surface area contributed by atoms with Gasteiger partial charge < -0.3 is 15.1 Å². The van der Waals surface area contributed by atoms with Gasteiger partial charge in [-0.1, -0.05) is 13.8 Å². The molecule has 6 nitrogen and oxygen atoms in total. The molecule has 0 saturated carbocycles. The Bertz CT molecular complexity index is 571. The minimum absolute atomic E-state index is 0. The number of guanidine groups is 1. The van der Waals surface area contributed by atoms with Crippen molar-refractivity contribution in [2.75, 3.05) is 46.3 Å². The number of nitrogens with zero attached hydrogens (tertiary/aromatic N) is 3. The molecule has 2 N–H and O–H groups in total. The number of halogens is 1. The molecule has 3 rings (SSSR count). The highest BCUT2D eigenvalue weighted by molar-refractivity contribution is 14.0. The molecule has 0 aliphatic carbocycles. The fourth-order valence-corrected chi connectivity index (χ4v) is 4.41. The molecule has 7 heteroatoms. The maximum atomic E-state index is 5.72. The highest BCUT2D eigenvalue weighted by atomic mass is 127. The van der Waals surface area contributed by atoms with E-state index in [-0.39, 0.29) is 30.0 Å². The lowest BCUT2D eigenvalue weighted by Gasteiger charge is -2.28. The second kappa shape index (κ2) is 12.0. The summed E-state index contributed by atoms with van der Waals surface area (Å²) in [6.07, 6.45) is 6.91. The van der Waals surface area contributed by atoms with Crippen LogP contribution in [0.1, 0.15) is 51.3 Å². The molecule has 1 unspecified atom stereocenters. The maximum absolute atomic E-state index is 5.72. The molecule has 0 bridgehead atoms. The number of likely N-dealkylation sites (tertiary alicyclic amines) is 2. The first-order valence-electron chi connectivity index (χ1n) is 10.6. The van der Waals surface area contributed by atoms with Gasteiger partial charge in [0.25, 0.3) is 0 Å². The maximum Gasteiger partial charge on any atom is 0.191 e. The fourth-order valence-electron chi connectivity index (χ4n) is 4.41. The number of furan rings is 1. The molecule has 2 atom stereocenters. The lowest BCUT2D eigenvalue weighted by molar-refractivity contribution is 0.214. The van der Waals surface area contributed by atoms with Crippen LogP contribution < -0.4 is 10.6 Å². The van der Waals surface area contributed by atoms with Crippen molar-refractivity contribution in [3.8, 4) is 0 Å². The van der Waals surface area contributed by atoms with E-state index >= 15 is 0 Å². The van der Waals surface area contributed by atoms with Crippen molar-refractivity contribution in [3.63, 3.8) is 0 Å². The summed E-state index contributed by atoms with van der Waals surface area (Å²) in [5, 5.41) is 7.09. The molecule has 1 aromatic rings. The molecule has 2 aliphatic rings. The average molecular weight is 503 g/mol. The van der Waals surface area contributed by atoms with Crippen molar-refractivity contribution in [3.05, 3.63) is 24.2 Å². The monoisotopic (exact) mass is 503 g/mol. The molecule has 0 amide bonds. The Hall–Kier alpha value is -0.800. The molecule has 0 radical (unpaired) electrons. The molecule has 160 valence electrons. The molecule has 2 saturated heterocycles. The predicted octanol–water partition coefficient (Wildman–Crippen LogP) is 3.32. The average Bonchev–Trinajstić information content (AvgIpc) is 3.40. The molecular formula is C21H38IN5O. The van der Waals surface area contributed by atoms with E-state index in [9.17, 15) is 0 Å². The Morgan fingerprint density at radius 1 is 1.21 bits per heavy atom. The summed E-state index contributed by atoms with van der Waals surface area (Å²) in [6, 6.07) is 4.95. The number of hydrogen-bond donors (Lipinski definition) is 2. The molecule has 0 spiro atoms. The van der Waals surface area contributed by atoms with E-state index in [0.29, 0.717) is 6.04 Å². The minimum Gasteiger partial charge on any atom is -0.468 e. The van der Waals surface area contributed by atoms with Crippen molar-refractivity contribution in [1.29, 1.82) is 0 Å². The zero-order valence-corrected chi connectivity index (χ0v) is 20.0. The smallest absolute Gasteiger partial charge is 0.191 e. The van der Waals surface area contributed by atoms with Gasteiger partial charge in [0, 0.05) is 32.7 Å². The lowest BCUT2D eigenvalue weighted by atomic mass is 10.1. The van der Waals surface area contributed by atoms with Crippen LogP contribution in [0.15, 0.2) is 27.8 Å². The first-order valence-corrected chi connectivity index (χ1v) is 10.6. The van der Waals surface area contributed by atoms with E-state index in [4.69, 9.17) is 4.42 Å². The Labute approximate surface area is 187 Å². The minimum atomic E-state index is 0. The van der Waals surface area contributed by atoms with Crippen molar-refractivity contribution < 1.29 is 4.42 Å². The van der Waals surface area contributed by atoms with Crippen LogP contribution in [-0.4, -0.2) is 68.1 Å². The zero-order valence-electron chi connectivity index (χ0n) is 17.7. The van der Waals surface area contributed by atoms with Crippen LogP contribution >= 0.6 is 24.0 Å². The number of rotatable bonds is 8. The summed E-state index contributed by atoms with van der Waals surface area (Å²) >= 11 is 0. The summed E-state index contributed by atoms with van der Waals surface area (Å²) in [6.45, 7) is 11.1. The summed E-state index contributed by atoms with van der Waals surface area (Å²) < 4.78 is 5.72. The Kier molecular flexibility index (Phi) is 10.1. The summed E-state index contributed by atoms with van der Waals surface area (Å²) in [5.41, 5.74) is 0. The van der Waals surface area contributed by atoms with E-state index in [2.05, 4.69) is 45.3 Å². The largest absolute Gasteiger partial charge is 0.468 e. The van der Waals surface area contributed by atoms with Crippen LogP contribution in [0.25, 0.3) is 0 Å². The molecule has 0 aromatic carbocycles. The number of aliphatic imine (C=N–C) groups is 1. The molecule has 28 heavy (non-hydrogen) atoms. The van der Waals surface area contributed by atoms with Gasteiger partial charge in [0.05, 0.1) is 12.3 Å². The van der Waals surface area contributed by atoms with Gasteiger partial charge in [-0.2, -0.15) is 0 Å². The Morgan fingerprint density at radius 3 is 2.64 bits per heavy atom. The van der Waals surface area contributed by atoms with E-state index in [1.807, 2.05) is 13.1 Å². The van der Waals surface area contributed by atoms with E-state index in [0.717, 1.165) is 43.8 Å². The zero-order chi connectivity index (χ0) is 19.1. The molecule has 1 aromatic heterocycles. The number of hydrogen-bond acceptors (Lipinski definition) is 4. The van der Waals surface area contributed by atoms with Gasteiger partial charge in [-0.3, -0.25) is 14.8 Å². The highest BCUT2D eigenvalue weighted by Gasteiger charge is 2.27. The van der Waals surface area contributed by atoms with Crippen LogP contribution in [0.2, 0.25) is 0 Å². The Morgan fingerprint density at radius 2 is 2.00 bits per heavy atom. The van der Waals surface area contributed by atoms with Gasteiger partial charge in [0.2, 0.25) is 0 Å². The van der Waals surface area contributed by atoms with Crippen molar-refractivity contribution >= 4 is 29.9 Å². The predicted molar refractivity (Wildman–Crippen MR) is 126 cm³/mol. The van der Waals surface area contributed by atoms with Gasteiger partial charge in [-0.05, 0) is 63.4 Å². The van der Waals surface area contributed by atoms with Gasteiger partial charge in [0.15, 0.2) is 5.96 Å². The third kappa shape index (κ3) is 6.62. The molecular weight excluding hydrogens is 465 g/mol. The third-order valence-corrected chi connectivity index (χ3v) is 5.74. The molecule has 2 aliphatic heterocycles. The van der Waals surface area contributed by atoms with E-state index in [1.54, 1.807) is 6.26 Å². The number of nitrogens with one attached hydrogen (secondary N) is 2. The summed E-state index contributed by atoms with van der Waals surface area (Å²) in [7, 11) is 1.85. The SMILES string of the molecule is CN=C(NCC(c1ccco1)N1CCCC1)NC[C@H]1CCCN1CC(C)C.I. The highest BCUT2D eigenvalue weighted by Crippen LogP contribution is 2.24. The first-order chi connectivity index (χ1) is 13.2. The van der Waals surface area contributed by atoms with Crippen molar-refractivity contribution in [1.82, 2.24) is 20.4 Å². The normalized spacial score (nSPS) is 22.4. The second-order valence-electron chi connectivity index (χ2n) is 8.29. The van der Waals surface area contributed by atoms with Gasteiger partial charge >= 0.3 is 0 Å². The van der Waals surface area contributed by atoms with Gasteiger partial charge in [-0.15, -0.1) is 24.0 Å². The summed E-state index contributed by atoms with van der Waals surface area (Å²) in [4.78, 5) is 9.58. The Balaban J connectivity index is 0.00000280. The van der Waals surface area contributed by atoms with Crippen LogP contribution in [0.5, 0.6) is 0 Å². The third-order valence-electron chi connectivity index (χ3n) is 5.74. The van der Waals surface area contributed by atoms with Gasteiger partial charge in [-0.25, -0.2) is 0 Å². The van der Waals surface area contributed by atoms with Crippen LogP contribution in [0.3, 0.4) is 0 Å². The molecule has 3 heterocycles. The fraction of sp³-hybridized carbons (Fsp3) is 0.762. The van der Waals surface area contributed by atoms with Crippen LogP contribution in [-0.2, 0) is 0 Å². The van der Waals surface area contributed by atoms with Gasteiger partial charge in [0.1, 0.15) is 5.76 Å².